The molecule has 10 nitrogen and oxygen atoms in total. The lowest BCUT2D eigenvalue weighted by Gasteiger charge is -2.30. The van der Waals surface area contributed by atoms with Gasteiger partial charge in [-0.2, -0.15) is 0 Å². The summed E-state index contributed by atoms with van der Waals surface area (Å²) >= 11 is 2.52. The van der Waals surface area contributed by atoms with Gasteiger partial charge in [0, 0.05) is 37.1 Å². The van der Waals surface area contributed by atoms with Crippen LogP contribution in [0.25, 0.3) is 6.08 Å². The lowest BCUT2D eigenvalue weighted by molar-refractivity contribution is -0.127. The molecule has 0 spiro atoms. The van der Waals surface area contributed by atoms with E-state index >= 15 is 0 Å². The van der Waals surface area contributed by atoms with Crippen LogP contribution in [0.5, 0.6) is 11.5 Å². The second-order valence-electron chi connectivity index (χ2n) is 8.96. The number of ether oxygens (including phenoxy) is 2. The summed E-state index contributed by atoms with van der Waals surface area (Å²) in [5, 5.41) is 1.15. The number of furan rings is 1. The Balaban J connectivity index is 1.66. The zero-order chi connectivity index (χ0) is 29.1. The molecule has 1 amide bonds. The number of hydrogen-bond acceptors (Lipinski definition) is 10. The molecular formula is C29H29N5O5S2. The number of rotatable bonds is 9. The minimum atomic E-state index is -0.774. The van der Waals surface area contributed by atoms with Gasteiger partial charge in [-0.3, -0.25) is 14.2 Å². The van der Waals surface area contributed by atoms with Crippen molar-refractivity contribution in [2.45, 2.75) is 37.1 Å². The largest absolute Gasteiger partial charge is 0.497 e. The Morgan fingerprint density at radius 2 is 1.90 bits per heavy atom. The fourth-order valence-corrected chi connectivity index (χ4v) is 6.36. The van der Waals surface area contributed by atoms with Crippen LogP contribution >= 0.6 is 23.1 Å². The highest BCUT2D eigenvalue weighted by molar-refractivity contribution is 7.99. The minimum absolute atomic E-state index is 0.184. The number of fused-ring (bicyclic) bond motifs is 1. The summed E-state index contributed by atoms with van der Waals surface area (Å²) in [6, 6.07) is 9.92. The van der Waals surface area contributed by atoms with E-state index in [0.29, 0.717) is 66.8 Å². The molecule has 0 fully saturated rings. The van der Waals surface area contributed by atoms with Gasteiger partial charge in [0.05, 0.1) is 30.0 Å². The number of likely N-dealkylation sites (N-methyl/N-ethyl adjacent to an activating group) is 1. The smallest absolute Gasteiger partial charge is 0.271 e. The zero-order valence-electron chi connectivity index (χ0n) is 23.3. The molecule has 0 radical (unpaired) electrons. The lowest BCUT2D eigenvalue weighted by Crippen LogP contribution is -2.43. The van der Waals surface area contributed by atoms with Gasteiger partial charge in [0.1, 0.15) is 23.3 Å². The second-order valence-corrected chi connectivity index (χ2v) is 10.9. The lowest BCUT2D eigenvalue weighted by atomic mass is 9.93. The number of aromatic nitrogens is 3. The highest BCUT2D eigenvalue weighted by Crippen LogP contribution is 2.38. The van der Waals surface area contributed by atoms with Crippen molar-refractivity contribution in [2.75, 3.05) is 27.3 Å². The molecule has 5 rings (SSSR count). The van der Waals surface area contributed by atoms with Crippen LogP contribution in [0.3, 0.4) is 0 Å². The van der Waals surface area contributed by atoms with Crippen molar-refractivity contribution in [1.29, 1.82) is 0 Å². The first-order valence-electron chi connectivity index (χ1n) is 13.0. The van der Waals surface area contributed by atoms with Gasteiger partial charge in [-0.15, -0.1) is 0 Å². The third-order valence-electron chi connectivity index (χ3n) is 6.64. The molecule has 0 saturated carbocycles. The number of amides is 1. The molecule has 3 aromatic heterocycles. The normalized spacial score (nSPS) is 15.0. The number of carbonyl (C=O) groups excluding carboxylic acids is 1. The van der Waals surface area contributed by atoms with Crippen LogP contribution in [-0.4, -0.2) is 52.7 Å². The van der Waals surface area contributed by atoms with Crippen LogP contribution in [0, 0.1) is 0 Å². The highest BCUT2D eigenvalue weighted by Gasteiger charge is 2.36. The number of thiazole rings is 1. The molecule has 4 aromatic rings. The van der Waals surface area contributed by atoms with Gasteiger partial charge >= 0.3 is 0 Å². The molecule has 0 bridgehead atoms. The van der Waals surface area contributed by atoms with Crippen LogP contribution in [0.2, 0.25) is 0 Å². The molecule has 1 aromatic carbocycles. The first-order valence-corrected chi connectivity index (χ1v) is 14.6. The fraction of sp³-hybridized carbons (Fsp3) is 0.276. The van der Waals surface area contributed by atoms with Gasteiger partial charge in [-0.25, -0.2) is 15.0 Å². The molecule has 0 unspecified atom stereocenters. The molecule has 1 aliphatic rings. The van der Waals surface area contributed by atoms with Gasteiger partial charge in [-0.1, -0.05) is 11.3 Å². The van der Waals surface area contributed by atoms with Crippen LogP contribution < -0.4 is 24.4 Å². The zero-order valence-corrected chi connectivity index (χ0v) is 24.9. The van der Waals surface area contributed by atoms with Crippen LogP contribution in [-0.2, 0) is 4.79 Å². The first-order chi connectivity index (χ1) is 19.9. The van der Waals surface area contributed by atoms with Crippen molar-refractivity contribution in [1.82, 2.24) is 19.4 Å². The molecule has 212 valence electrons. The number of nitrogens with zero attached hydrogens (tertiary/aromatic N) is 5. The molecule has 0 N–H and O–H groups in total. The van der Waals surface area contributed by atoms with Gasteiger partial charge in [0.15, 0.2) is 15.1 Å². The van der Waals surface area contributed by atoms with Crippen molar-refractivity contribution in [3.05, 3.63) is 91.1 Å². The van der Waals surface area contributed by atoms with Gasteiger partial charge in [0.2, 0.25) is 0 Å². The summed E-state index contributed by atoms with van der Waals surface area (Å²) in [5.74, 6) is 1.42. The Morgan fingerprint density at radius 1 is 1.15 bits per heavy atom. The summed E-state index contributed by atoms with van der Waals surface area (Å²) in [5.41, 5.74) is 1.30. The number of benzene rings is 1. The maximum atomic E-state index is 14.0. The quantitative estimate of drug-likeness (QED) is 0.271. The number of methoxy groups -OCH3 is 2. The highest BCUT2D eigenvalue weighted by atomic mass is 32.2. The van der Waals surface area contributed by atoms with Crippen molar-refractivity contribution in [3.8, 4) is 11.5 Å². The predicted molar refractivity (Wildman–Crippen MR) is 156 cm³/mol. The topological polar surface area (TPSA) is 112 Å². The number of allylic oxidation sites excluding steroid dienone is 1. The van der Waals surface area contributed by atoms with Gasteiger partial charge in [0.25, 0.3) is 11.5 Å². The van der Waals surface area contributed by atoms with E-state index in [0.717, 1.165) is 0 Å². The molecule has 1 atom stereocenters. The van der Waals surface area contributed by atoms with Gasteiger partial charge in [-0.05, 0) is 68.9 Å². The fourth-order valence-electron chi connectivity index (χ4n) is 4.65. The van der Waals surface area contributed by atoms with E-state index in [4.69, 9.17) is 18.9 Å². The van der Waals surface area contributed by atoms with E-state index in [2.05, 4.69) is 9.97 Å². The summed E-state index contributed by atoms with van der Waals surface area (Å²) in [4.78, 5) is 43.2. The molecular weight excluding hydrogens is 562 g/mol. The summed E-state index contributed by atoms with van der Waals surface area (Å²) < 4.78 is 19.1. The Kier molecular flexibility index (Phi) is 8.41. The van der Waals surface area contributed by atoms with Crippen molar-refractivity contribution >= 4 is 35.1 Å². The third-order valence-corrected chi connectivity index (χ3v) is 8.44. The average Bonchev–Trinajstić information content (AvgIpc) is 3.55. The first kappa shape index (κ1) is 28.4. The second kappa shape index (κ2) is 12.1. The summed E-state index contributed by atoms with van der Waals surface area (Å²) in [7, 11) is 3.13. The van der Waals surface area contributed by atoms with Crippen LogP contribution in [0.1, 0.15) is 38.1 Å². The number of carbonyl (C=O) groups is 1. The molecule has 41 heavy (non-hydrogen) atoms. The van der Waals surface area contributed by atoms with Crippen molar-refractivity contribution in [3.63, 3.8) is 0 Å². The van der Waals surface area contributed by atoms with Crippen molar-refractivity contribution in [2.24, 2.45) is 4.99 Å². The molecule has 4 heterocycles. The third kappa shape index (κ3) is 5.57. The monoisotopic (exact) mass is 591 g/mol. The minimum Gasteiger partial charge on any atom is -0.497 e. The van der Waals surface area contributed by atoms with E-state index in [1.165, 1.54) is 23.1 Å². The van der Waals surface area contributed by atoms with E-state index in [1.54, 1.807) is 85.5 Å². The summed E-state index contributed by atoms with van der Waals surface area (Å²) in [6.07, 6.45) is 5.01. The van der Waals surface area contributed by atoms with Gasteiger partial charge < -0.3 is 18.8 Å². The molecule has 1 aliphatic heterocycles. The average molecular weight is 592 g/mol. The van der Waals surface area contributed by atoms with Crippen molar-refractivity contribution < 1.29 is 18.7 Å². The van der Waals surface area contributed by atoms with E-state index in [1.807, 2.05) is 13.8 Å². The Bertz CT molecular complexity index is 1790. The molecule has 12 heteroatoms. The van der Waals surface area contributed by atoms with E-state index < -0.39 is 6.04 Å². The van der Waals surface area contributed by atoms with Crippen LogP contribution in [0.4, 0.5) is 0 Å². The SMILES string of the molecule is CCN(CC)C(=O)C1=C(C)N=c2s/c(=C\c3ccc(Sc4ncccn4)o3)c(=O)n2[C@H]1c1cc(OC)ccc1OC. The maximum absolute atomic E-state index is 14.0. The Morgan fingerprint density at radius 3 is 2.59 bits per heavy atom. The maximum Gasteiger partial charge on any atom is 0.271 e. The summed E-state index contributed by atoms with van der Waals surface area (Å²) in [6.45, 7) is 6.69. The Labute approximate surface area is 244 Å². The molecule has 0 aliphatic carbocycles. The van der Waals surface area contributed by atoms with E-state index in [-0.39, 0.29) is 11.5 Å². The predicted octanol–water partition coefficient (Wildman–Crippen LogP) is 3.66. The standard InChI is InChI=1S/C29H29N5O5S2/c1-6-33(7-2)27(36)24-17(3)32-29-34(25(24)20-15-18(37-4)9-11-21(20)38-5)26(35)22(40-29)16-19-10-12-23(39-19)41-28-30-13-8-14-31-28/h8-16,25H,6-7H2,1-5H3/b22-16-/t25-/m0/s1. The van der Waals surface area contributed by atoms with Crippen LogP contribution in [0.15, 0.2) is 84.5 Å². The Hall–Kier alpha value is -4.16. The number of hydrogen-bond donors (Lipinski definition) is 0. The van der Waals surface area contributed by atoms with E-state index in [9.17, 15) is 9.59 Å². The molecule has 0 saturated heterocycles.